The van der Waals surface area contributed by atoms with Crippen LogP contribution >= 0.6 is 0 Å². The topological polar surface area (TPSA) is 53.0 Å². The summed E-state index contributed by atoms with van der Waals surface area (Å²) in [4.78, 5) is 12.6. The summed E-state index contributed by atoms with van der Waals surface area (Å²) in [5.41, 5.74) is 0.667. The average Bonchev–Trinajstić information content (AvgIpc) is 2.70. The molecule has 0 unspecified atom stereocenters. The van der Waals surface area contributed by atoms with Crippen molar-refractivity contribution >= 4 is 11.6 Å². The van der Waals surface area contributed by atoms with Crippen LogP contribution in [0.1, 0.15) is 0 Å². The minimum Gasteiger partial charge on any atom is -0.490 e. The molecule has 1 N–H and O–H groups in total. The lowest BCUT2D eigenvalue weighted by molar-refractivity contribution is 0.314. The fourth-order valence-corrected chi connectivity index (χ4v) is 2.96. The minimum absolute atomic E-state index is 0.170. The SMILES string of the molecule is CN=C(NCCOc1cccnc1)N1CCN(c2ccccc2F)CC1. The van der Waals surface area contributed by atoms with E-state index >= 15 is 0 Å². The van der Waals surface area contributed by atoms with Gasteiger partial charge in [0.1, 0.15) is 18.2 Å². The number of ether oxygens (including phenoxy) is 1. The van der Waals surface area contributed by atoms with Gasteiger partial charge in [0.05, 0.1) is 18.4 Å². The number of pyridine rings is 1. The molecule has 0 spiro atoms. The van der Waals surface area contributed by atoms with Crippen LogP contribution in [-0.4, -0.2) is 62.2 Å². The molecule has 2 heterocycles. The minimum atomic E-state index is -0.170. The molecule has 1 saturated heterocycles. The summed E-state index contributed by atoms with van der Waals surface area (Å²) < 4.78 is 19.6. The van der Waals surface area contributed by atoms with Crippen LogP contribution in [0.3, 0.4) is 0 Å². The van der Waals surface area contributed by atoms with Crippen LogP contribution in [0.25, 0.3) is 0 Å². The first-order valence-corrected chi connectivity index (χ1v) is 8.76. The first-order chi connectivity index (χ1) is 12.8. The number of piperazine rings is 1. The monoisotopic (exact) mass is 357 g/mol. The number of guanidine groups is 1. The van der Waals surface area contributed by atoms with Gasteiger partial charge >= 0.3 is 0 Å². The third-order valence-corrected chi connectivity index (χ3v) is 4.27. The van der Waals surface area contributed by atoms with E-state index in [1.165, 1.54) is 6.07 Å². The molecule has 7 heteroatoms. The molecule has 0 amide bonds. The molecule has 26 heavy (non-hydrogen) atoms. The third-order valence-electron chi connectivity index (χ3n) is 4.27. The Morgan fingerprint density at radius 2 is 2.00 bits per heavy atom. The molecule has 0 aliphatic carbocycles. The molecule has 138 valence electrons. The number of halogens is 1. The molecule has 2 aromatic rings. The van der Waals surface area contributed by atoms with Gasteiger partial charge in [0.15, 0.2) is 5.96 Å². The lowest BCUT2D eigenvalue weighted by atomic mass is 10.2. The third kappa shape index (κ3) is 4.62. The summed E-state index contributed by atoms with van der Waals surface area (Å²) in [6.45, 7) is 4.27. The number of nitrogens with zero attached hydrogens (tertiary/aromatic N) is 4. The molecule has 1 aromatic heterocycles. The largest absolute Gasteiger partial charge is 0.490 e. The van der Waals surface area contributed by atoms with E-state index in [0.717, 1.165) is 37.9 Å². The van der Waals surface area contributed by atoms with Crippen molar-refractivity contribution in [1.82, 2.24) is 15.2 Å². The average molecular weight is 357 g/mol. The summed E-state index contributed by atoms with van der Waals surface area (Å²) in [6, 6.07) is 10.6. The summed E-state index contributed by atoms with van der Waals surface area (Å²) in [7, 11) is 1.77. The first kappa shape index (κ1) is 18.0. The standard InChI is InChI=1S/C19H24FN5O/c1-21-19(23-9-14-26-16-5-4-8-22-15-16)25-12-10-24(11-13-25)18-7-3-2-6-17(18)20/h2-8,15H,9-14H2,1H3,(H,21,23). The van der Waals surface area contributed by atoms with Crippen molar-refractivity contribution in [2.45, 2.75) is 0 Å². The highest BCUT2D eigenvalue weighted by atomic mass is 19.1. The van der Waals surface area contributed by atoms with Crippen molar-refractivity contribution in [2.75, 3.05) is 51.3 Å². The van der Waals surface area contributed by atoms with Crippen LogP contribution in [0.4, 0.5) is 10.1 Å². The van der Waals surface area contributed by atoms with Crippen LogP contribution < -0.4 is 15.0 Å². The Kier molecular flexibility index (Phi) is 6.24. The van der Waals surface area contributed by atoms with E-state index in [4.69, 9.17) is 4.74 Å². The number of anilines is 1. The highest BCUT2D eigenvalue weighted by molar-refractivity contribution is 5.80. The Balaban J connectivity index is 1.44. The molecule has 1 aliphatic rings. The van der Waals surface area contributed by atoms with E-state index in [1.54, 1.807) is 25.5 Å². The number of hydrogen-bond acceptors (Lipinski definition) is 4. The lowest BCUT2D eigenvalue weighted by Gasteiger charge is -2.37. The lowest BCUT2D eigenvalue weighted by Crippen LogP contribution is -2.53. The Morgan fingerprint density at radius 3 is 2.69 bits per heavy atom. The summed E-state index contributed by atoms with van der Waals surface area (Å²) in [6.07, 6.45) is 3.41. The van der Waals surface area contributed by atoms with Gasteiger partial charge < -0.3 is 19.9 Å². The van der Waals surface area contributed by atoms with Gasteiger partial charge in [-0.3, -0.25) is 9.98 Å². The van der Waals surface area contributed by atoms with Gasteiger partial charge in [0, 0.05) is 39.4 Å². The summed E-state index contributed by atoms with van der Waals surface area (Å²) in [5, 5.41) is 3.31. The number of aliphatic imine (C=N–C) groups is 1. The predicted molar refractivity (Wildman–Crippen MR) is 101 cm³/mol. The maximum Gasteiger partial charge on any atom is 0.193 e. The van der Waals surface area contributed by atoms with Gasteiger partial charge in [0.25, 0.3) is 0 Å². The number of aromatic nitrogens is 1. The van der Waals surface area contributed by atoms with Crippen LogP contribution in [0.5, 0.6) is 5.75 Å². The van der Waals surface area contributed by atoms with Gasteiger partial charge in [-0.05, 0) is 24.3 Å². The number of rotatable bonds is 5. The number of nitrogens with one attached hydrogen (secondary N) is 1. The van der Waals surface area contributed by atoms with Crippen LogP contribution in [-0.2, 0) is 0 Å². The zero-order valence-electron chi connectivity index (χ0n) is 14.9. The van der Waals surface area contributed by atoms with E-state index in [-0.39, 0.29) is 5.82 Å². The highest BCUT2D eigenvalue weighted by Crippen LogP contribution is 2.20. The molecule has 6 nitrogen and oxygen atoms in total. The number of para-hydroxylation sites is 1. The molecule has 0 radical (unpaired) electrons. The van der Waals surface area contributed by atoms with Crippen LogP contribution in [0.15, 0.2) is 53.8 Å². The van der Waals surface area contributed by atoms with Crippen molar-refractivity contribution in [3.05, 3.63) is 54.6 Å². The van der Waals surface area contributed by atoms with Crippen molar-refractivity contribution < 1.29 is 9.13 Å². The molecular formula is C19H24FN5O. The second kappa shape index (κ2) is 9.03. The van der Waals surface area contributed by atoms with E-state index in [0.29, 0.717) is 18.8 Å². The van der Waals surface area contributed by atoms with E-state index in [1.807, 2.05) is 24.3 Å². The van der Waals surface area contributed by atoms with Crippen molar-refractivity contribution in [2.24, 2.45) is 4.99 Å². The molecule has 1 fully saturated rings. The Hall–Kier alpha value is -2.83. The van der Waals surface area contributed by atoms with Crippen molar-refractivity contribution in [3.63, 3.8) is 0 Å². The van der Waals surface area contributed by atoms with Gasteiger partial charge in [-0.2, -0.15) is 0 Å². The van der Waals surface area contributed by atoms with Crippen molar-refractivity contribution in [3.8, 4) is 5.75 Å². The molecular weight excluding hydrogens is 333 g/mol. The molecule has 3 rings (SSSR count). The maximum absolute atomic E-state index is 13.9. The molecule has 1 aromatic carbocycles. The van der Waals surface area contributed by atoms with E-state index in [9.17, 15) is 4.39 Å². The normalized spacial score (nSPS) is 15.1. The zero-order valence-corrected chi connectivity index (χ0v) is 14.9. The number of benzene rings is 1. The Labute approximate surface area is 153 Å². The highest BCUT2D eigenvalue weighted by Gasteiger charge is 2.21. The summed E-state index contributed by atoms with van der Waals surface area (Å²) in [5.74, 6) is 1.42. The second-order valence-electron chi connectivity index (χ2n) is 5.94. The Bertz CT molecular complexity index is 717. The van der Waals surface area contributed by atoms with Gasteiger partial charge in [-0.25, -0.2) is 4.39 Å². The summed E-state index contributed by atoms with van der Waals surface area (Å²) >= 11 is 0. The predicted octanol–water partition coefficient (Wildman–Crippen LogP) is 2.00. The fraction of sp³-hybridized carbons (Fsp3) is 0.368. The second-order valence-corrected chi connectivity index (χ2v) is 5.94. The van der Waals surface area contributed by atoms with E-state index < -0.39 is 0 Å². The van der Waals surface area contributed by atoms with E-state index in [2.05, 4.69) is 25.1 Å². The Morgan fingerprint density at radius 1 is 1.19 bits per heavy atom. The van der Waals surface area contributed by atoms with Gasteiger partial charge in [0.2, 0.25) is 0 Å². The maximum atomic E-state index is 13.9. The molecule has 0 saturated carbocycles. The van der Waals surface area contributed by atoms with Crippen LogP contribution in [0.2, 0.25) is 0 Å². The number of hydrogen-bond donors (Lipinski definition) is 1. The zero-order chi connectivity index (χ0) is 18.2. The van der Waals surface area contributed by atoms with Gasteiger partial charge in [-0.1, -0.05) is 12.1 Å². The quantitative estimate of drug-likeness (QED) is 0.504. The van der Waals surface area contributed by atoms with Gasteiger partial charge in [-0.15, -0.1) is 0 Å². The first-order valence-electron chi connectivity index (χ1n) is 8.76. The molecule has 1 aliphatic heterocycles. The fourth-order valence-electron chi connectivity index (χ4n) is 2.96. The molecule has 0 atom stereocenters. The van der Waals surface area contributed by atoms with Crippen molar-refractivity contribution in [1.29, 1.82) is 0 Å². The smallest absolute Gasteiger partial charge is 0.193 e. The molecule has 0 bridgehead atoms. The van der Waals surface area contributed by atoms with Crippen LogP contribution in [0, 0.1) is 5.82 Å².